The normalized spacial score (nSPS) is 22.5. The Hall–Kier alpha value is -1.66. The number of urea groups is 1. The van der Waals surface area contributed by atoms with Gasteiger partial charge in [-0.15, -0.1) is 0 Å². The monoisotopic (exact) mass is 332 g/mol. The average Bonchev–Trinajstić information content (AvgIpc) is 3.13. The van der Waals surface area contributed by atoms with Gasteiger partial charge in [0.25, 0.3) is 0 Å². The summed E-state index contributed by atoms with van der Waals surface area (Å²) in [6.45, 7) is 4.13. The lowest BCUT2D eigenvalue weighted by molar-refractivity contribution is 0.101. The van der Waals surface area contributed by atoms with Gasteiger partial charge in [0.05, 0.1) is 6.10 Å². The van der Waals surface area contributed by atoms with Crippen LogP contribution in [0, 0.1) is 0 Å². The van der Waals surface area contributed by atoms with Gasteiger partial charge in [-0.1, -0.05) is 0 Å². The van der Waals surface area contributed by atoms with Crippen LogP contribution in [0.25, 0.3) is 0 Å². The Balaban J connectivity index is 1.62. The van der Waals surface area contributed by atoms with Gasteiger partial charge >= 0.3 is 6.03 Å². The fraction of sp³-hybridized carbons (Fsp3) is 0.667. The molecule has 24 heavy (non-hydrogen) atoms. The third-order valence-corrected chi connectivity index (χ3v) is 5.00. The molecule has 3 heterocycles. The van der Waals surface area contributed by atoms with Crippen molar-refractivity contribution < 1.29 is 9.53 Å². The molecule has 0 aliphatic carbocycles. The largest absolute Gasteiger partial charge is 0.376 e. The summed E-state index contributed by atoms with van der Waals surface area (Å²) in [5.74, 6) is 0. The summed E-state index contributed by atoms with van der Waals surface area (Å²) < 4.78 is 5.61. The van der Waals surface area contributed by atoms with Crippen molar-refractivity contribution in [1.29, 1.82) is 0 Å². The number of piperidine rings is 1. The van der Waals surface area contributed by atoms with E-state index in [0.29, 0.717) is 19.1 Å². The first-order chi connectivity index (χ1) is 11.7. The maximum Gasteiger partial charge on any atom is 0.318 e. The van der Waals surface area contributed by atoms with E-state index in [9.17, 15) is 4.79 Å². The maximum absolute atomic E-state index is 12.8. The fourth-order valence-electron chi connectivity index (χ4n) is 3.47. The minimum absolute atomic E-state index is 0.0249. The quantitative estimate of drug-likeness (QED) is 0.894. The van der Waals surface area contributed by atoms with Gasteiger partial charge in [0.1, 0.15) is 0 Å². The van der Waals surface area contributed by atoms with E-state index >= 15 is 0 Å². The van der Waals surface area contributed by atoms with Crippen LogP contribution in [-0.4, -0.2) is 66.2 Å². The molecular formula is C18H28N4O2. The number of ether oxygens (including phenoxy) is 1. The predicted molar refractivity (Wildman–Crippen MR) is 92.7 cm³/mol. The van der Waals surface area contributed by atoms with Gasteiger partial charge in [-0.3, -0.25) is 4.98 Å². The van der Waals surface area contributed by atoms with E-state index in [-0.39, 0.29) is 12.1 Å². The molecule has 1 N–H and O–H groups in total. The number of hydrogen-bond donors (Lipinski definition) is 1. The van der Waals surface area contributed by atoms with Crippen molar-refractivity contribution in [1.82, 2.24) is 20.1 Å². The SMILES string of the molecule is CN1CCC(N(Cc2ccncc2)C(=O)NC[C@H]2CCCO2)CC1. The summed E-state index contributed by atoms with van der Waals surface area (Å²) in [6, 6.07) is 4.28. The first-order valence-electron chi connectivity index (χ1n) is 8.96. The van der Waals surface area contributed by atoms with E-state index in [2.05, 4.69) is 22.2 Å². The lowest BCUT2D eigenvalue weighted by Gasteiger charge is -2.37. The topological polar surface area (TPSA) is 57.7 Å². The second-order valence-corrected chi connectivity index (χ2v) is 6.84. The number of pyridine rings is 1. The molecule has 2 fully saturated rings. The molecule has 3 rings (SSSR count). The van der Waals surface area contributed by atoms with Crippen LogP contribution >= 0.6 is 0 Å². The van der Waals surface area contributed by atoms with E-state index < -0.39 is 0 Å². The molecule has 2 aliphatic heterocycles. The third kappa shape index (κ3) is 4.68. The van der Waals surface area contributed by atoms with Crippen LogP contribution in [0.2, 0.25) is 0 Å². The van der Waals surface area contributed by atoms with Crippen molar-refractivity contribution in [3.8, 4) is 0 Å². The summed E-state index contributed by atoms with van der Waals surface area (Å²) in [5, 5.41) is 3.09. The molecule has 0 spiro atoms. The van der Waals surface area contributed by atoms with Gasteiger partial charge in [-0.05, 0) is 63.5 Å². The molecule has 6 nitrogen and oxygen atoms in total. The second-order valence-electron chi connectivity index (χ2n) is 6.84. The summed E-state index contributed by atoms with van der Waals surface area (Å²) in [7, 11) is 2.14. The van der Waals surface area contributed by atoms with Gasteiger partial charge < -0.3 is 19.9 Å². The summed E-state index contributed by atoms with van der Waals surface area (Å²) >= 11 is 0. The number of likely N-dealkylation sites (tertiary alicyclic amines) is 1. The van der Waals surface area contributed by atoms with E-state index in [1.54, 1.807) is 12.4 Å². The van der Waals surface area contributed by atoms with Gasteiger partial charge in [-0.2, -0.15) is 0 Å². The minimum Gasteiger partial charge on any atom is -0.376 e. The van der Waals surface area contributed by atoms with Crippen molar-refractivity contribution in [3.63, 3.8) is 0 Å². The van der Waals surface area contributed by atoms with Crippen molar-refractivity contribution in [2.24, 2.45) is 0 Å². The summed E-state index contributed by atoms with van der Waals surface area (Å²) in [4.78, 5) is 21.2. The van der Waals surface area contributed by atoms with E-state index in [4.69, 9.17) is 4.74 Å². The maximum atomic E-state index is 12.8. The molecule has 0 saturated carbocycles. The molecule has 1 aromatic rings. The Morgan fingerprint density at radius 1 is 1.33 bits per heavy atom. The molecule has 0 unspecified atom stereocenters. The zero-order valence-electron chi connectivity index (χ0n) is 14.5. The highest BCUT2D eigenvalue weighted by Gasteiger charge is 2.27. The zero-order valence-corrected chi connectivity index (χ0v) is 14.5. The van der Waals surface area contributed by atoms with E-state index in [0.717, 1.165) is 50.9 Å². The van der Waals surface area contributed by atoms with Gasteiger partial charge in [0.2, 0.25) is 0 Å². The number of nitrogens with one attached hydrogen (secondary N) is 1. The average molecular weight is 332 g/mol. The molecule has 1 aromatic heterocycles. The first kappa shape index (κ1) is 17.2. The number of rotatable bonds is 5. The highest BCUT2D eigenvalue weighted by atomic mass is 16.5. The lowest BCUT2D eigenvalue weighted by atomic mass is 10.0. The van der Waals surface area contributed by atoms with E-state index in [1.807, 2.05) is 17.0 Å². The highest BCUT2D eigenvalue weighted by molar-refractivity contribution is 5.74. The van der Waals surface area contributed by atoms with Crippen molar-refractivity contribution in [2.45, 2.75) is 44.4 Å². The number of hydrogen-bond acceptors (Lipinski definition) is 4. The van der Waals surface area contributed by atoms with Crippen LogP contribution in [0.4, 0.5) is 4.79 Å². The molecule has 0 aromatic carbocycles. The summed E-state index contributed by atoms with van der Waals surface area (Å²) in [5.41, 5.74) is 1.12. The molecule has 1 atom stereocenters. The van der Waals surface area contributed by atoms with Crippen LogP contribution in [0.1, 0.15) is 31.2 Å². The van der Waals surface area contributed by atoms with Crippen LogP contribution in [0.15, 0.2) is 24.5 Å². The molecule has 6 heteroatoms. The lowest BCUT2D eigenvalue weighted by Crippen LogP contribution is -2.50. The number of carbonyl (C=O) groups is 1. The fourth-order valence-corrected chi connectivity index (χ4v) is 3.47. The van der Waals surface area contributed by atoms with Gasteiger partial charge in [-0.25, -0.2) is 4.79 Å². The van der Waals surface area contributed by atoms with Crippen LogP contribution in [-0.2, 0) is 11.3 Å². The standard InChI is InChI=1S/C18H28N4O2/c1-21-10-6-16(7-11-21)22(14-15-4-8-19-9-5-15)18(23)20-13-17-3-2-12-24-17/h4-5,8-9,16-17H,2-3,6-7,10-14H2,1H3,(H,20,23)/t17-/m1/s1. The Bertz CT molecular complexity index is 511. The van der Waals surface area contributed by atoms with Gasteiger partial charge in [0.15, 0.2) is 0 Å². The number of amides is 2. The van der Waals surface area contributed by atoms with Crippen LogP contribution < -0.4 is 5.32 Å². The van der Waals surface area contributed by atoms with Crippen molar-refractivity contribution >= 4 is 6.03 Å². The van der Waals surface area contributed by atoms with Crippen LogP contribution in [0.3, 0.4) is 0 Å². The van der Waals surface area contributed by atoms with Crippen LogP contribution in [0.5, 0.6) is 0 Å². The molecule has 132 valence electrons. The third-order valence-electron chi connectivity index (χ3n) is 5.00. The molecule has 0 radical (unpaired) electrons. The Labute approximate surface area is 144 Å². The molecule has 2 aliphatic rings. The summed E-state index contributed by atoms with van der Waals surface area (Å²) in [6.07, 6.45) is 7.92. The smallest absolute Gasteiger partial charge is 0.318 e. The minimum atomic E-state index is 0.0249. The molecule has 0 bridgehead atoms. The van der Waals surface area contributed by atoms with Crippen molar-refractivity contribution in [3.05, 3.63) is 30.1 Å². The Morgan fingerprint density at radius 2 is 2.08 bits per heavy atom. The van der Waals surface area contributed by atoms with Gasteiger partial charge in [0, 0.05) is 38.1 Å². The van der Waals surface area contributed by atoms with Crippen molar-refractivity contribution in [2.75, 3.05) is 33.3 Å². The molecular weight excluding hydrogens is 304 g/mol. The number of aromatic nitrogens is 1. The Kier molecular flexibility index (Phi) is 6.04. The number of nitrogens with zero attached hydrogens (tertiary/aromatic N) is 3. The second kappa shape index (κ2) is 8.44. The predicted octanol–water partition coefficient (Wildman–Crippen LogP) is 1.87. The molecule has 2 saturated heterocycles. The Morgan fingerprint density at radius 3 is 2.75 bits per heavy atom. The van der Waals surface area contributed by atoms with E-state index in [1.165, 1.54) is 0 Å². The highest BCUT2D eigenvalue weighted by Crippen LogP contribution is 2.19. The first-order valence-corrected chi connectivity index (χ1v) is 8.96. The zero-order chi connectivity index (χ0) is 16.8. The molecule has 2 amide bonds. The number of carbonyl (C=O) groups excluding carboxylic acids is 1.